The third-order valence-corrected chi connectivity index (χ3v) is 2.81. The van der Waals surface area contributed by atoms with Crippen LogP contribution >= 0.6 is 0 Å². The summed E-state index contributed by atoms with van der Waals surface area (Å²) >= 11 is 0. The van der Waals surface area contributed by atoms with E-state index in [1.54, 1.807) is 7.05 Å². The molecule has 0 spiro atoms. The monoisotopic (exact) mass is 273 g/mol. The maximum atomic E-state index is 11.8. The molecule has 0 radical (unpaired) electrons. The third-order valence-electron chi connectivity index (χ3n) is 2.81. The molecule has 0 aliphatic heterocycles. The minimum atomic E-state index is -0.403. The third kappa shape index (κ3) is 3.03. The number of oxime groups is 1. The molecule has 6 nitrogen and oxygen atoms in total. The first-order valence-corrected chi connectivity index (χ1v) is 6.05. The topological polar surface area (TPSA) is 65.6 Å². The quantitative estimate of drug-likeness (QED) is 0.606. The average molecular weight is 273 g/mol. The number of aryl methyl sites for hydroxylation is 1. The summed E-state index contributed by atoms with van der Waals surface area (Å²) in [6.45, 7) is 0.323. The van der Waals surface area contributed by atoms with Crippen LogP contribution in [-0.2, 0) is 25.5 Å². The number of hydrogen-bond acceptors (Lipinski definition) is 4. The Labute approximate surface area is 115 Å². The Morgan fingerprint density at radius 1 is 1.20 bits per heavy atom. The lowest BCUT2D eigenvalue weighted by molar-refractivity contribution is 0.132. The van der Waals surface area contributed by atoms with Gasteiger partial charge in [0.25, 0.3) is 5.56 Å². The highest BCUT2D eigenvalue weighted by Crippen LogP contribution is 2.00. The molecule has 0 atom stereocenters. The molecule has 20 heavy (non-hydrogen) atoms. The van der Waals surface area contributed by atoms with Gasteiger partial charge >= 0.3 is 5.69 Å². The van der Waals surface area contributed by atoms with E-state index >= 15 is 0 Å². The molecule has 0 aliphatic carbocycles. The van der Waals surface area contributed by atoms with Gasteiger partial charge in [0.15, 0.2) is 0 Å². The van der Waals surface area contributed by atoms with Gasteiger partial charge in [0, 0.05) is 20.3 Å². The summed E-state index contributed by atoms with van der Waals surface area (Å²) in [4.78, 5) is 28.4. The molecule has 0 N–H and O–H groups in total. The molecule has 1 heterocycles. The number of nitrogens with zero attached hydrogens (tertiary/aromatic N) is 3. The smallest absolute Gasteiger partial charge is 0.330 e. The van der Waals surface area contributed by atoms with Crippen molar-refractivity contribution in [2.45, 2.75) is 6.61 Å². The van der Waals surface area contributed by atoms with Gasteiger partial charge in [-0.05, 0) is 5.56 Å². The molecule has 6 heteroatoms. The second-order valence-corrected chi connectivity index (χ2v) is 4.34. The van der Waals surface area contributed by atoms with Crippen LogP contribution in [0.4, 0.5) is 0 Å². The van der Waals surface area contributed by atoms with Gasteiger partial charge in [-0.15, -0.1) is 0 Å². The summed E-state index contributed by atoms with van der Waals surface area (Å²) in [5, 5.41) is 3.76. The Hall–Kier alpha value is -2.63. The fourth-order valence-electron chi connectivity index (χ4n) is 1.70. The summed E-state index contributed by atoms with van der Waals surface area (Å²) < 4.78 is 2.35. The lowest BCUT2D eigenvalue weighted by Crippen LogP contribution is -2.38. The Morgan fingerprint density at radius 2 is 1.90 bits per heavy atom. The first-order valence-electron chi connectivity index (χ1n) is 6.05. The molecule has 104 valence electrons. The van der Waals surface area contributed by atoms with Crippen molar-refractivity contribution >= 4 is 6.21 Å². The van der Waals surface area contributed by atoms with Gasteiger partial charge in [0.2, 0.25) is 0 Å². The maximum Gasteiger partial charge on any atom is 0.330 e. The van der Waals surface area contributed by atoms with Crippen LogP contribution in [0.3, 0.4) is 0 Å². The van der Waals surface area contributed by atoms with Gasteiger partial charge in [0.1, 0.15) is 6.61 Å². The van der Waals surface area contributed by atoms with Crippen LogP contribution in [-0.4, -0.2) is 15.3 Å². The summed E-state index contributed by atoms with van der Waals surface area (Å²) in [6, 6.07) is 9.57. The van der Waals surface area contributed by atoms with Crippen molar-refractivity contribution in [3.8, 4) is 0 Å². The summed E-state index contributed by atoms with van der Waals surface area (Å²) in [5.41, 5.74) is 0.498. The molecule has 0 aliphatic rings. The van der Waals surface area contributed by atoms with Crippen molar-refractivity contribution in [3.63, 3.8) is 0 Å². The molecule has 1 aromatic carbocycles. The lowest BCUT2D eigenvalue weighted by Gasteiger charge is -2.03. The number of benzene rings is 1. The van der Waals surface area contributed by atoms with Gasteiger partial charge in [-0.25, -0.2) is 4.79 Å². The zero-order chi connectivity index (χ0) is 14.5. The van der Waals surface area contributed by atoms with Crippen molar-refractivity contribution < 1.29 is 4.84 Å². The second kappa shape index (κ2) is 6.01. The minimum absolute atomic E-state index is 0.294. The first-order chi connectivity index (χ1) is 9.59. The zero-order valence-electron chi connectivity index (χ0n) is 11.3. The molecule has 2 rings (SSSR count). The number of hydrogen-bond donors (Lipinski definition) is 0. The molecule has 1 aromatic heterocycles. The average Bonchev–Trinajstić information content (AvgIpc) is 2.47. The van der Waals surface area contributed by atoms with Crippen LogP contribution in [0.15, 0.2) is 51.3 Å². The Bertz CT molecular complexity index is 730. The van der Waals surface area contributed by atoms with E-state index < -0.39 is 5.56 Å². The summed E-state index contributed by atoms with van der Waals surface area (Å²) in [5.74, 6) is 0. The molecule has 0 saturated carbocycles. The van der Waals surface area contributed by atoms with Crippen LogP contribution in [0.25, 0.3) is 0 Å². The lowest BCUT2D eigenvalue weighted by atomic mass is 10.2. The first kappa shape index (κ1) is 13.8. The van der Waals surface area contributed by atoms with Crippen molar-refractivity contribution in [2.75, 3.05) is 0 Å². The standard InChI is InChI=1S/C14H15N3O3/c1-16-9-12(13(18)17(2)14(16)19)8-15-20-10-11-6-4-3-5-7-11/h3-9H,10H2,1-2H3/b15-8+. The van der Waals surface area contributed by atoms with Crippen LogP contribution in [0.5, 0.6) is 0 Å². The van der Waals surface area contributed by atoms with E-state index in [-0.39, 0.29) is 5.69 Å². The SMILES string of the molecule is Cn1cc(/C=N/OCc2ccccc2)c(=O)n(C)c1=O. The molecule has 0 unspecified atom stereocenters. The van der Waals surface area contributed by atoms with Gasteiger partial charge in [-0.3, -0.25) is 9.36 Å². The number of rotatable bonds is 4. The van der Waals surface area contributed by atoms with Crippen molar-refractivity contribution in [1.82, 2.24) is 9.13 Å². The summed E-state index contributed by atoms with van der Waals surface area (Å²) in [7, 11) is 3.00. The van der Waals surface area contributed by atoms with E-state index in [1.807, 2.05) is 30.3 Å². The van der Waals surface area contributed by atoms with E-state index in [1.165, 1.54) is 24.0 Å². The van der Waals surface area contributed by atoms with Crippen molar-refractivity contribution in [1.29, 1.82) is 0 Å². The molecular formula is C14H15N3O3. The molecular weight excluding hydrogens is 258 g/mol. The van der Waals surface area contributed by atoms with E-state index in [4.69, 9.17) is 4.84 Å². The van der Waals surface area contributed by atoms with E-state index in [2.05, 4.69) is 5.16 Å². The van der Waals surface area contributed by atoms with Crippen molar-refractivity contribution in [2.24, 2.45) is 19.3 Å². The highest BCUT2D eigenvalue weighted by atomic mass is 16.6. The van der Waals surface area contributed by atoms with Crippen LogP contribution in [0.1, 0.15) is 11.1 Å². The Kier molecular flexibility index (Phi) is 4.14. The molecule has 0 saturated heterocycles. The second-order valence-electron chi connectivity index (χ2n) is 4.34. The molecule has 0 fully saturated rings. The largest absolute Gasteiger partial charge is 0.391 e. The van der Waals surface area contributed by atoms with Crippen LogP contribution < -0.4 is 11.2 Å². The highest BCUT2D eigenvalue weighted by molar-refractivity contribution is 5.77. The predicted molar refractivity (Wildman–Crippen MR) is 75.7 cm³/mol. The molecule has 0 bridgehead atoms. The van der Waals surface area contributed by atoms with Crippen molar-refractivity contribution in [3.05, 3.63) is 68.5 Å². The predicted octanol–water partition coefficient (Wildman–Crippen LogP) is 0.635. The fraction of sp³-hybridized carbons (Fsp3) is 0.214. The fourth-order valence-corrected chi connectivity index (χ4v) is 1.70. The van der Waals surface area contributed by atoms with E-state index in [0.29, 0.717) is 12.2 Å². The maximum absolute atomic E-state index is 11.8. The van der Waals surface area contributed by atoms with Gasteiger partial charge < -0.3 is 9.40 Å². The van der Waals surface area contributed by atoms with Gasteiger partial charge in [0.05, 0.1) is 11.8 Å². The van der Waals surface area contributed by atoms with Gasteiger partial charge in [-0.1, -0.05) is 35.5 Å². The molecule has 0 amide bonds. The highest BCUT2D eigenvalue weighted by Gasteiger charge is 2.04. The Balaban J connectivity index is 2.09. The van der Waals surface area contributed by atoms with E-state index in [9.17, 15) is 9.59 Å². The van der Waals surface area contributed by atoms with Crippen LogP contribution in [0, 0.1) is 0 Å². The Morgan fingerprint density at radius 3 is 2.60 bits per heavy atom. The zero-order valence-corrected chi connectivity index (χ0v) is 11.3. The van der Waals surface area contributed by atoms with Gasteiger partial charge in [-0.2, -0.15) is 0 Å². The minimum Gasteiger partial charge on any atom is -0.391 e. The summed E-state index contributed by atoms with van der Waals surface area (Å²) in [6.07, 6.45) is 2.74. The number of aromatic nitrogens is 2. The van der Waals surface area contributed by atoms with Crippen LogP contribution in [0.2, 0.25) is 0 Å². The normalized spacial score (nSPS) is 10.9. The molecule has 2 aromatic rings. The van der Waals surface area contributed by atoms with E-state index in [0.717, 1.165) is 10.1 Å².